The molecule has 1 saturated heterocycles. The zero-order chi connectivity index (χ0) is 12.1. The summed E-state index contributed by atoms with van der Waals surface area (Å²) in [5, 5.41) is 3.60. The monoisotopic (exact) mass is 244 g/mol. The smallest absolute Gasteiger partial charge is 0.0247 e. The molecule has 0 radical (unpaired) electrons. The molecule has 0 aromatic rings. The Hall–Kier alpha value is 0.270. The van der Waals surface area contributed by atoms with Gasteiger partial charge in [0.25, 0.3) is 0 Å². The molecule has 0 amide bonds. The summed E-state index contributed by atoms with van der Waals surface area (Å²) in [6.45, 7) is 13.9. The van der Waals surface area contributed by atoms with Gasteiger partial charge in [-0.3, -0.25) is 4.90 Å². The summed E-state index contributed by atoms with van der Waals surface area (Å²) in [6.07, 6.45) is 0. The van der Waals surface area contributed by atoms with E-state index in [4.69, 9.17) is 0 Å². The van der Waals surface area contributed by atoms with Gasteiger partial charge >= 0.3 is 0 Å². The molecule has 0 saturated carbocycles. The second-order valence-electron chi connectivity index (χ2n) is 5.54. The molecule has 0 aromatic carbocycles. The number of hydrogen-bond donors (Lipinski definition) is 1. The van der Waals surface area contributed by atoms with Gasteiger partial charge in [0.05, 0.1) is 0 Å². The lowest BCUT2D eigenvalue weighted by atomic mass is 10.0. The minimum atomic E-state index is 0.593. The normalized spacial score (nSPS) is 25.3. The van der Waals surface area contributed by atoms with Gasteiger partial charge in [-0.05, 0) is 12.8 Å². The second-order valence-corrected chi connectivity index (χ2v) is 6.69. The van der Waals surface area contributed by atoms with Crippen LogP contribution in [0.1, 0.15) is 34.6 Å². The standard InChI is InChI=1S/C13H28N2S/c1-10(2)13(8-14-11(3)4)15-6-7-16-9-12(15)5/h10-14H,6-9H2,1-5H3. The third-order valence-electron chi connectivity index (χ3n) is 3.35. The Morgan fingerprint density at radius 2 is 2.00 bits per heavy atom. The van der Waals surface area contributed by atoms with Crippen LogP contribution >= 0.6 is 11.8 Å². The molecule has 16 heavy (non-hydrogen) atoms. The predicted molar refractivity (Wildman–Crippen MR) is 75.3 cm³/mol. The van der Waals surface area contributed by atoms with Crippen LogP contribution in [0.2, 0.25) is 0 Å². The number of nitrogens with zero attached hydrogens (tertiary/aromatic N) is 1. The maximum atomic E-state index is 3.60. The minimum Gasteiger partial charge on any atom is -0.313 e. The van der Waals surface area contributed by atoms with Crippen LogP contribution in [0, 0.1) is 5.92 Å². The van der Waals surface area contributed by atoms with Gasteiger partial charge in [0.1, 0.15) is 0 Å². The molecule has 1 heterocycles. The Balaban J connectivity index is 2.53. The Morgan fingerprint density at radius 3 is 2.50 bits per heavy atom. The molecule has 1 rings (SSSR count). The lowest BCUT2D eigenvalue weighted by Crippen LogP contribution is -2.53. The van der Waals surface area contributed by atoms with Gasteiger partial charge in [-0.2, -0.15) is 11.8 Å². The number of rotatable bonds is 5. The van der Waals surface area contributed by atoms with E-state index in [0.717, 1.165) is 18.5 Å². The molecule has 1 fully saturated rings. The van der Waals surface area contributed by atoms with Crippen LogP contribution in [0.15, 0.2) is 0 Å². The van der Waals surface area contributed by atoms with Crippen LogP contribution in [-0.2, 0) is 0 Å². The lowest BCUT2D eigenvalue weighted by Gasteiger charge is -2.41. The zero-order valence-corrected chi connectivity index (χ0v) is 12.3. The largest absolute Gasteiger partial charge is 0.313 e. The van der Waals surface area contributed by atoms with Gasteiger partial charge in [-0.25, -0.2) is 0 Å². The van der Waals surface area contributed by atoms with Crippen molar-refractivity contribution in [3.8, 4) is 0 Å². The van der Waals surface area contributed by atoms with Gasteiger partial charge in [0, 0.05) is 42.7 Å². The third kappa shape index (κ3) is 4.27. The fraction of sp³-hybridized carbons (Fsp3) is 1.00. The van der Waals surface area contributed by atoms with Crippen molar-refractivity contribution in [2.24, 2.45) is 5.92 Å². The minimum absolute atomic E-state index is 0.593. The number of nitrogens with one attached hydrogen (secondary N) is 1. The highest BCUT2D eigenvalue weighted by Gasteiger charge is 2.28. The van der Waals surface area contributed by atoms with Crippen molar-refractivity contribution in [2.45, 2.75) is 52.7 Å². The van der Waals surface area contributed by atoms with E-state index in [-0.39, 0.29) is 0 Å². The van der Waals surface area contributed by atoms with Crippen molar-refractivity contribution in [3.63, 3.8) is 0 Å². The SMILES string of the molecule is CC(C)NCC(C(C)C)N1CCSCC1C. The summed E-state index contributed by atoms with van der Waals surface area (Å²) in [6, 6.07) is 2.02. The summed E-state index contributed by atoms with van der Waals surface area (Å²) >= 11 is 2.10. The fourth-order valence-corrected chi connectivity index (χ4v) is 3.36. The van der Waals surface area contributed by atoms with Crippen molar-refractivity contribution in [1.82, 2.24) is 10.2 Å². The highest BCUT2D eigenvalue weighted by Crippen LogP contribution is 2.21. The maximum absolute atomic E-state index is 3.60. The van der Waals surface area contributed by atoms with E-state index in [1.165, 1.54) is 18.1 Å². The van der Waals surface area contributed by atoms with E-state index in [2.05, 4.69) is 56.6 Å². The summed E-state index contributed by atoms with van der Waals surface area (Å²) < 4.78 is 0. The average molecular weight is 244 g/mol. The van der Waals surface area contributed by atoms with Crippen molar-refractivity contribution in [2.75, 3.05) is 24.6 Å². The van der Waals surface area contributed by atoms with Crippen molar-refractivity contribution in [1.29, 1.82) is 0 Å². The van der Waals surface area contributed by atoms with Crippen molar-refractivity contribution >= 4 is 11.8 Å². The molecule has 1 aliphatic heterocycles. The molecule has 0 bridgehead atoms. The molecule has 0 aliphatic carbocycles. The summed E-state index contributed by atoms with van der Waals surface area (Å²) in [5.74, 6) is 3.33. The predicted octanol–water partition coefficient (Wildman–Crippen LogP) is 2.45. The average Bonchev–Trinajstić information content (AvgIpc) is 2.20. The first-order valence-electron chi connectivity index (χ1n) is 6.59. The van der Waals surface area contributed by atoms with Gasteiger partial charge < -0.3 is 5.32 Å². The Kier molecular flexibility index (Phi) is 6.16. The zero-order valence-electron chi connectivity index (χ0n) is 11.5. The van der Waals surface area contributed by atoms with E-state index in [9.17, 15) is 0 Å². The Labute approximate surface area is 106 Å². The van der Waals surface area contributed by atoms with Crippen LogP contribution < -0.4 is 5.32 Å². The van der Waals surface area contributed by atoms with E-state index in [0.29, 0.717) is 12.1 Å². The van der Waals surface area contributed by atoms with Gasteiger partial charge in [-0.15, -0.1) is 0 Å². The number of thioether (sulfide) groups is 1. The maximum Gasteiger partial charge on any atom is 0.0247 e. The highest BCUT2D eigenvalue weighted by atomic mass is 32.2. The molecular formula is C13H28N2S. The van der Waals surface area contributed by atoms with Crippen LogP contribution in [0.3, 0.4) is 0 Å². The first-order valence-corrected chi connectivity index (χ1v) is 7.74. The van der Waals surface area contributed by atoms with E-state index in [1.54, 1.807) is 0 Å². The van der Waals surface area contributed by atoms with Crippen LogP contribution in [0.5, 0.6) is 0 Å². The van der Waals surface area contributed by atoms with Crippen LogP contribution in [-0.4, -0.2) is 47.6 Å². The molecule has 0 aromatic heterocycles. The van der Waals surface area contributed by atoms with Crippen molar-refractivity contribution < 1.29 is 0 Å². The van der Waals surface area contributed by atoms with Gasteiger partial charge in [0.15, 0.2) is 0 Å². The molecule has 0 spiro atoms. The molecule has 3 heteroatoms. The third-order valence-corrected chi connectivity index (χ3v) is 4.54. The van der Waals surface area contributed by atoms with Crippen LogP contribution in [0.25, 0.3) is 0 Å². The van der Waals surface area contributed by atoms with Crippen molar-refractivity contribution in [3.05, 3.63) is 0 Å². The van der Waals surface area contributed by atoms with E-state index in [1.807, 2.05) is 0 Å². The summed E-state index contributed by atoms with van der Waals surface area (Å²) in [7, 11) is 0. The van der Waals surface area contributed by atoms with E-state index >= 15 is 0 Å². The summed E-state index contributed by atoms with van der Waals surface area (Å²) in [5.41, 5.74) is 0. The molecule has 2 unspecified atom stereocenters. The molecule has 1 N–H and O–H groups in total. The van der Waals surface area contributed by atoms with E-state index < -0.39 is 0 Å². The molecule has 96 valence electrons. The lowest BCUT2D eigenvalue weighted by molar-refractivity contribution is 0.121. The topological polar surface area (TPSA) is 15.3 Å². The fourth-order valence-electron chi connectivity index (χ4n) is 2.33. The molecule has 2 nitrogen and oxygen atoms in total. The quantitative estimate of drug-likeness (QED) is 0.800. The summed E-state index contributed by atoms with van der Waals surface area (Å²) in [4.78, 5) is 2.70. The first kappa shape index (κ1) is 14.3. The second kappa shape index (κ2) is 6.87. The highest BCUT2D eigenvalue weighted by molar-refractivity contribution is 7.99. The molecule has 2 atom stereocenters. The molecule has 1 aliphatic rings. The van der Waals surface area contributed by atoms with Gasteiger partial charge in [0.2, 0.25) is 0 Å². The van der Waals surface area contributed by atoms with Crippen LogP contribution in [0.4, 0.5) is 0 Å². The van der Waals surface area contributed by atoms with Gasteiger partial charge in [-0.1, -0.05) is 27.7 Å². The first-order chi connectivity index (χ1) is 7.52. The number of hydrogen-bond acceptors (Lipinski definition) is 3. The Morgan fingerprint density at radius 1 is 1.31 bits per heavy atom. The Bertz CT molecular complexity index is 194. The molecular weight excluding hydrogens is 216 g/mol.